The maximum absolute atomic E-state index is 9.90. The van der Waals surface area contributed by atoms with Crippen molar-refractivity contribution in [3.8, 4) is 17.2 Å². The summed E-state index contributed by atoms with van der Waals surface area (Å²) in [5.41, 5.74) is 1.44. The van der Waals surface area contributed by atoms with E-state index in [0.717, 1.165) is 5.56 Å². The summed E-state index contributed by atoms with van der Waals surface area (Å²) in [5, 5.41) is 10.6. The Kier molecular flexibility index (Phi) is 3.21. The molecule has 0 radical (unpaired) electrons. The van der Waals surface area contributed by atoms with Crippen molar-refractivity contribution in [3.63, 3.8) is 0 Å². The van der Waals surface area contributed by atoms with Crippen LogP contribution in [0.5, 0.6) is 17.2 Å². The molecule has 2 aromatic carbocycles. The third kappa shape index (κ3) is 2.16. The number of para-hydroxylation sites is 2. The van der Waals surface area contributed by atoms with Gasteiger partial charge in [0.25, 0.3) is 0 Å². The summed E-state index contributed by atoms with van der Waals surface area (Å²) < 4.78 is 16.4. The van der Waals surface area contributed by atoms with Crippen LogP contribution in [0.3, 0.4) is 0 Å². The van der Waals surface area contributed by atoms with Crippen LogP contribution in [0.2, 0.25) is 0 Å². The number of ether oxygens (including phenoxy) is 2. The first-order valence-electron chi connectivity index (χ1n) is 6.23. The molecular formula is C16H14O4. The first-order valence-corrected chi connectivity index (χ1v) is 6.23. The van der Waals surface area contributed by atoms with E-state index < -0.39 is 0 Å². The van der Waals surface area contributed by atoms with Gasteiger partial charge in [-0.15, -0.1) is 0 Å². The molecule has 0 saturated heterocycles. The molecule has 3 rings (SSSR count). The number of aromatic hydroxyl groups is 1. The third-order valence-corrected chi connectivity index (χ3v) is 3.11. The highest BCUT2D eigenvalue weighted by molar-refractivity contribution is 5.87. The number of phenolic OH excluding ortho intramolecular Hbond substituents is 1. The minimum Gasteiger partial charge on any atom is -0.507 e. The van der Waals surface area contributed by atoms with Gasteiger partial charge in [-0.1, -0.05) is 18.2 Å². The molecule has 0 aliphatic heterocycles. The summed E-state index contributed by atoms with van der Waals surface area (Å²) in [6, 6.07) is 12.6. The van der Waals surface area contributed by atoms with Crippen LogP contribution < -0.4 is 9.47 Å². The van der Waals surface area contributed by atoms with Crippen LogP contribution in [0.1, 0.15) is 5.56 Å². The highest BCUT2D eigenvalue weighted by Gasteiger charge is 2.11. The fourth-order valence-corrected chi connectivity index (χ4v) is 2.13. The lowest BCUT2D eigenvalue weighted by Crippen LogP contribution is -1.96. The number of rotatable bonds is 4. The predicted molar refractivity (Wildman–Crippen MR) is 75.2 cm³/mol. The standard InChI is InChI=1S/C16H14O4/c1-18-13-6-2-3-7-14(13)19-9-11-10-20-15-8-4-5-12(17)16(11)15/h2-8,10,17H,9H2,1H3. The Morgan fingerprint density at radius 1 is 1.05 bits per heavy atom. The van der Waals surface area contributed by atoms with E-state index in [1.54, 1.807) is 25.5 Å². The van der Waals surface area contributed by atoms with Crippen LogP contribution in [0.25, 0.3) is 11.0 Å². The molecule has 0 unspecified atom stereocenters. The molecule has 0 aliphatic rings. The molecule has 3 aromatic rings. The zero-order valence-corrected chi connectivity index (χ0v) is 11.0. The van der Waals surface area contributed by atoms with E-state index in [9.17, 15) is 5.11 Å². The van der Waals surface area contributed by atoms with E-state index in [1.807, 2.05) is 30.3 Å². The van der Waals surface area contributed by atoms with Gasteiger partial charge in [0.05, 0.1) is 18.8 Å². The van der Waals surface area contributed by atoms with Gasteiger partial charge in [0.1, 0.15) is 17.9 Å². The fraction of sp³-hybridized carbons (Fsp3) is 0.125. The normalized spacial score (nSPS) is 10.7. The van der Waals surface area contributed by atoms with Gasteiger partial charge in [-0.25, -0.2) is 0 Å². The monoisotopic (exact) mass is 270 g/mol. The topological polar surface area (TPSA) is 51.8 Å². The smallest absolute Gasteiger partial charge is 0.161 e. The lowest BCUT2D eigenvalue weighted by Gasteiger charge is -2.09. The Morgan fingerprint density at radius 2 is 1.85 bits per heavy atom. The minimum absolute atomic E-state index is 0.190. The maximum atomic E-state index is 9.90. The van der Waals surface area contributed by atoms with Gasteiger partial charge in [0.2, 0.25) is 0 Å². The van der Waals surface area contributed by atoms with Crippen LogP contribution in [-0.4, -0.2) is 12.2 Å². The lowest BCUT2D eigenvalue weighted by molar-refractivity contribution is 0.284. The second kappa shape index (κ2) is 5.17. The van der Waals surface area contributed by atoms with E-state index in [2.05, 4.69) is 0 Å². The minimum atomic E-state index is 0.190. The molecule has 0 aliphatic carbocycles. The van der Waals surface area contributed by atoms with Crippen molar-refractivity contribution in [2.75, 3.05) is 7.11 Å². The van der Waals surface area contributed by atoms with Crippen LogP contribution >= 0.6 is 0 Å². The van der Waals surface area contributed by atoms with Gasteiger partial charge in [0, 0.05) is 5.56 Å². The summed E-state index contributed by atoms with van der Waals surface area (Å²) >= 11 is 0. The number of furan rings is 1. The van der Waals surface area contributed by atoms with Crippen molar-refractivity contribution in [1.82, 2.24) is 0 Å². The molecule has 0 saturated carbocycles. The average molecular weight is 270 g/mol. The largest absolute Gasteiger partial charge is 0.507 e. The van der Waals surface area contributed by atoms with Gasteiger partial charge in [-0.3, -0.25) is 0 Å². The van der Waals surface area contributed by atoms with Crippen molar-refractivity contribution >= 4 is 11.0 Å². The molecule has 1 heterocycles. The average Bonchev–Trinajstić information content (AvgIpc) is 2.90. The quantitative estimate of drug-likeness (QED) is 0.785. The predicted octanol–water partition coefficient (Wildman–Crippen LogP) is 3.73. The molecule has 102 valence electrons. The van der Waals surface area contributed by atoms with E-state index >= 15 is 0 Å². The number of benzene rings is 2. The molecule has 0 fully saturated rings. The molecule has 4 nitrogen and oxygen atoms in total. The van der Waals surface area contributed by atoms with Crippen LogP contribution in [-0.2, 0) is 6.61 Å². The first kappa shape index (κ1) is 12.4. The highest BCUT2D eigenvalue weighted by atomic mass is 16.5. The summed E-state index contributed by atoms with van der Waals surface area (Å²) in [6.45, 7) is 0.297. The van der Waals surface area contributed by atoms with Gasteiger partial charge in [0.15, 0.2) is 11.5 Å². The molecular weight excluding hydrogens is 256 g/mol. The molecule has 1 N–H and O–H groups in total. The van der Waals surface area contributed by atoms with Gasteiger partial charge < -0.3 is 19.0 Å². The fourth-order valence-electron chi connectivity index (χ4n) is 2.13. The highest BCUT2D eigenvalue weighted by Crippen LogP contribution is 2.32. The zero-order chi connectivity index (χ0) is 13.9. The second-order valence-electron chi connectivity index (χ2n) is 4.35. The van der Waals surface area contributed by atoms with Crippen molar-refractivity contribution in [2.45, 2.75) is 6.61 Å². The number of hydrogen-bond donors (Lipinski definition) is 1. The van der Waals surface area contributed by atoms with Gasteiger partial charge in [-0.05, 0) is 24.3 Å². The molecule has 0 spiro atoms. The molecule has 1 aromatic heterocycles. The molecule has 4 heteroatoms. The maximum Gasteiger partial charge on any atom is 0.161 e. The summed E-state index contributed by atoms with van der Waals surface area (Å²) in [7, 11) is 1.60. The summed E-state index contributed by atoms with van der Waals surface area (Å²) in [4.78, 5) is 0. The Labute approximate surface area is 116 Å². The number of fused-ring (bicyclic) bond motifs is 1. The van der Waals surface area contributed by atoms with Crippen LogP contribution in [0.15, 0.2) is 53.1 Å². The zero-order valence-electron chi connectivity index (χ0n) is 11.0. The summed E-state index contributed by atoms with van der Waals surface area (Å²) in [5.74, 6) is 1.51. The van der Waals surface area contributed by atoms with Crippen molar-refractivity contribution in [2.24, 2.45) is 0 Å². The number of phenols is 1. The first-order chi connectivity index (χ1) is 9.79. The Hall–Kier alpha value is -2.62. The van der Waals surface area contributed by atoms with Crippen LogP contribution in [0.4, 0.5) is 0 Å². The Morgan fingerprint density at radius 3 is 2.65 bits per heavy atom. The van der Waals surface area contributed by atoms with E-state index in [0.29, 0.717) is 29.1 Å². The van der Waals surface area contributed by atoms with Gasteiger partial charge >= 0.3 is 0 Å². The number of hydrogen-bond acceptors (Lipinski definition) is 4. The molecule has 0 amide bonds. The molecule has 0 atom stereocenters. The second-order valence-corrected chi connectivity index (χ2v) is 4.35. The Bertz CT molecular complexity index is 730. The van der Waals surface area contributed by atoms with E-state index in [1.165, 1.54) is 0 Å². The van der Waals surface area contributed by atoms with Crippen molar-refractivity contribution in [3.05, 3.63) is 54.3 Å². The molecule has 0 bridgehead atoms. The van der Waals surface area contributed by atoms with Crippen molar-refractivity contribution in [1.29, 1.82) is 0 Å². The Balaban J connectivity index is 1.87. The van der Waals surface area contributed by atoms with E-state index in [-0.39, 0.29) is 5.75 Å². The molecule has 20 heavy (non-hydrogen) atoms. The van der Waals surface area contributed by atoms with E-state index in [4.69, 9.17) is 13.9 Å². The summed E-state index contributed by atoms with van der Waals surface area (Å²) in [6.07, 6.45) is 1.60. The lowest BCUT2D eigenvalue weighted by atomic mass is 10.1. The number of methoxy groups -OCH3 is 1. The SMILES string of the molecule is COc1ccccc1OCc1coc2cccc(O)c12. The van der Waals surface area contributed by atoms with Crippen LogP contribution in [0, 0.1) is 0 Å². The van der Waals surface area contributed by atoms with Gasteiger partial charge in [-0.2, -0.15) is 0 Å². The van der Waals surface area contributed by atoms with Crippen molar-refractivity contribution < 1.29 is 19.0 Å². The third-order valence-electron chi connectivity index (χ3n) is 3.11.